The van der Waals surface area contributed by atoms with Gasteiger partial charge in [0.1, 0.15) is 6.54 Å². The second-order valence-electron chi connectivity index (χ2n) is 6.44. The summed E-state index contributed by atoms with van der Waals surface area (Å²) in [5.41, 5.74) is 2.60. The number of fused-ring (bicyclic) bond motifs is 2. The number of oxazole rings is 1. The van der Waals surface area contributed by atoms with Crippen molar-refractivity contribution in [3.05, 3.63) is 52.3 Å². The Morgan fingerprint density at radius 2 is 2.15 bits per heavy atom. The Balaban J connectivity index is 1.53. The second-order valence-corrected chi connectivity index (χ2v) is 6.44. The number of amides is 1. The van der Waals surface area contributed by atoms with Gasteiger partial charge >= 0.3 is 5.76 Å². The topological polar surface area (TPSA) is 93.5 Å². The van der Waals surface area contributed by atoms with Crippen LogP contribution in [0.25, 0.3) is 11.1 Å². The molecule has 8 heteroatoms. The van der Waals surface area contributed by atoms with Crippen molar-refractivity contribution in [3.63, 3.8) is 0 Å². The molecule has 0 radical (unpaired) electrons. The quantitative estimate of drug-likeness (QED) is 0.760. The summed E-state index contributed by atoms with van der Waals surface area (Å²) in [6.07, 6.45) is 0.00314. The minimum atomic E-state index is -0.590. The zero-order valence-corrected chi connectivity index (χ0v) is 14.5. The minimum absolute atomic E-state index is 0.0611. The van der Waals surface area contributed by atoms with Gasteiger partial charge in [-0.05, 0) is 24.6 Å². The highest BCUT2D eigenvalue weighted by atomic mass is 16.4. The van der Waals surface area contributed by atoms with Crippen molar-refractivity contribution >= 4 is 17.0 Å². The molecule has 4 rings (SSSR count). The van der Waals surface area contributed by atoms with E-state index < -0.39 is 11.9 Å². The molecule has 136 valence electrons. The van der Waals surface area contributed by atoms with E-state index in [4.69, 9.17) is 4.42 Å². The van der Waals surface area contributed by atoms with Gasteiger partial charge in [0.25, 0.3) is 0 Å². The lowest BCUT2D eigenvalue weighted by molar-refractivity contribution is -0.133. The SMILES string of the molecule is CCC(O)c1cc2n(n1)CCN(C(=O)Cn1c(=O)oc3ccccc31)C2. The standard InChI is InChI=1S/C18H20N4O4/c1-2-15(23)13-9-12-10-20(7-8-22(12)19-13)17(24)11-21-14-5-3-4-6-16(14)26-18(21)25/h3-6,9,15,23H,2,7-8,10-11H2,1H3. The lowest BCUT2D eigenvalue weighted by atomic mass is 10.2. The first-order valence-corrected chi connectivity index (χ1v) is 8.67. The zero-order valence-electron chi connectivity index (χ0n) is 14.5. The monoisotopic (exact) mass is 356 g/mol. The summed E-state index contributed by atoms with van der Waals surface area (Å²) < 4.78 is 8.37. The van der Waals surface area contributed by atoms with Crippen molar-refractivity contribution in [2.75, 3.05) is 6.54 Å². The number of aromatic nitrogens is 3. The Morgan fingerprint density at radius 1 is 1.35 bits per heavy atom. The van der Waals surface area contributed by atoms with Crippen LogP contribution in [0.1, 0.15) is 30.8 Å². The summed E-state index contributed by atoms with van der Waals surface area (Å²) in [6, 6.07) is 8.89. The maximum Gasteiger partial charge on any atom is 0.420 e. The fourth-order valence-corrected chi connectivity index (χ4v) is 3.27. The Hall–Kier alpha value is -2.87. The van der Waals surface area contributed by atoms with E-state index in [1.165, 1.54) is 4.57 Å². The molecule has 8 nitrogen and oxygen atoms in total. The van der Waals surface area contributed by atoms with Gasteiger partial charge < -0.3 is 14.4 Å². The number of para-hydroxylation sites is 2. The van der Waals surface area contributed by atoms with Gasteiger partial charge in [-0.3, -0.25) is 14.0 Å². The maximum absolute atomic E-state index is 12.7. The predicted molar refractivity (Wildman–Crippen MR) is 93.4 cm³/mol. The molecule has 1 unspecified atom stereocenters. The number of rotatable bonds is 4. The summed E-state index contributed by atoms with van der Waals surface area (Å²) >= 11 is 0. The Bertz CT molecular complexity index is 1020. The van der Waals surface area contributed by atoms with Crippen molar-refractivity contribution in [2.24, 2.45) is 0 Å². The average Bonchev–Trinajstić information content (AvgIpc) is 3.21. The molecule has 3 heterocycles. The van der Waals surface area contributed by atoms with Crippen LogP contribution in [-0.2, 0) is 24.4 Å². The first-order valence-electron chi connectivity index (χ1n) is 8.67. The van der Waals surface area contributed by atoms with E-state index >= 15 is 0 Å². The number of aliphatic hydroxyl groups is 1. The number of hydrogen-bond acceptors (Lipinski definition) is 5. The predicted octanol–water partition coefficient (Wildman–Crippen LogP) is 1.28. The van der Waals surface area contributed by atoms with Crippen LogP contribution in [0.4, 0.5) is 0 Å². The number of benzene rings is 1. The number of carbonyl (C=O) groups excluding carboxylic acids is 1. The van der Waals surface area contributed by atoms with Crippen molar-refractivity contribution in [3.8, 4) is 0 Å². The fraction of sp³-hybridized carbons (Fsp3) is 0.389. The summed E-state index contributed by atoms with van der Waals surface area (Å²) in [5, 5.41) is 14.4. The van der Waals surface area contributed by atoms with Crippen molar-refractivity contribution < 1.29 is 14.3 Å². The van der Waals surface area contributed by atoms with Gasteiger partial charge in [-0.15, -0.1) is 0 Å². The maximum atomic E-state index is 12.7. The third-order valence-corrected chi connectivity index (χ3v) is 4.76. The highest BCUT2D eigenvalue weighted by Crippen LogP contribution is 2.20. The molecule has 26 heavy (non-hydrogen) atoms. The van der Waals surface area contributed by atoms with Gasteiger partial charge in [-0.25, -0.2) is 4.79 Å². The van der Waals surface area contributed by atoms with E-state index in [2.05, 4.69) is 5.10 Å². The number of hydrogen-bond donors (Lipinski definition) is 1. The van der Waals surface area contributed by atoms with Crippen LogP contribution >= 0.6 is 0 Å². The van der Waals surface area contributed by atoms with Crippen LogP contribution in [0, 0.1) is 0 Å². The summed E-state index contributed by atoms with van der Waals surface area (Å²) in [6.45, 7) is 3.32. The summed E-state index contributed by atoms with van der Waals surface area (Å²) in [5.74, 6) is -0.682. The molecule has 0 aliphatic carbocycles. The fourth-order valence-electron chi connectivity index (χ4n) is 3.27. The third kappa shape index (κ3) is 2.82. The van der Waals surface area contributed by atoms with Crippen LogP contribution < -0.4 is 5.76 Å². The first kappa shape index (κ1) is 16.6. The Kier molecular flexibility index (Phi) is 4.12. The number of carbonyl (C=O) groups is 1. The lowest BCUT2D eigenvalue weighted by Gasteiger charge is -2.27. The number of nitrogens with zero attached hydrogens (tertiary/aromatic N) is 4. The van der Waals surface area contributed by atoms with Crippen LogP contribution in [0.2, 0.25) is 0 Å². The van der Waals surface area contributed by atoms with Gasteiger partial charge in [-0.1, -0.05) is 19.1 Å². The molecule has 1 atom stereocenters. The normalized spacial score (nSPS) is 15.2. The highest BCUT2D eigenvalue weighted by Gasteiger charge is 2.24. The Morgan fingerprint density at radius 3 is 2.96 bits per heavy atom. The van der Waals surface area contributed by atoms with E-state index in [0.717, 1.165) is 5.69 Å². The Labute approximate surface area is 149 Å². The molecule has 0 fully saturated rings. The van der Waals surface area contributed by atoms with Crippen LogP contribution in [0.15, 0.2) is 39.5 Å². The summed E-state index contributed by atoms with van der Waals surface area (Å²) in [7, 11) is 0. The molecule has 1 amide bonds. The molecule has 0 bridgehead atoms. The van der Waals surface area contributed by atoms with E-state index in [9.17, 15) is 14.7 Å². The molecule has 1 aliphatic rings. The van der Waals surface area contributed by atoms with Crippen molar-refractivity contribution in [1.29, 1.82) is 0 Å². The van der Waals surface area contributed by atoms with Crippen LogP contribution in [0.3, 0.4) is 0 Å². The van der Waals surface area contributed by atoms with E-state index in [1.54, 1.807) is 29.2 Å². The van der Waals surface area contributed by atoms with Crippen molar-refractivity contribution in [2.45, 2.75) is 39.1 Å². The molecule has 0 spiro atoms. The molecule has 1 aliphatic heterocycles. The van der Waals surface area contributed by atoms with Crippen LogP contribution in [-0.4, -0.2) is 36.8 Å². The van der Waals surface area contributed by atoms with E-state index in [1.807, 2.05) is 17.7 Å². The molecule has 1 N–H and O–H groups in total. The van der Waals surface area contributed by atoms with Gasteiger partial charge in [0.05, 0.1) is 36.1 Å². The molecular formula is C18H20N4O4. The van der Waals surface area contributed by atoms with E-state index in [0.29, 0.717) is 42.8 Å². The zero-order chi connectivity index (χ0) is 18.3. The molecular weight excluding hydrogens is 336 g/mol. The average molecular weight is 356 g/mol. The van der Waals surface area contributed by atoms with Gasteiger partial charge in [0, 0.05) is 6.54 Å². The lowest BCUT2D eigenvalue weighted by Crippen LogP contribution is -2.41. The third-order valence-electron chi connectivity index (χ3n) is 4.76. The van der Waals surface area contributed by atoms with E-state index in [-0.39, 0.29) is 12.5 Å². The molecule has 0 saturated heterocycles. The molecule has 0 saturated carbocycles. The molecule has 3 aromatic rings. The molecule has 1 aromatic carbocycles. The van der Waals surface area contributed by atoms with Gasteiger partial charge in [0.2, 0.25) is 5.91 Å². The first-order chi connectivity index (χ1) is 12.6. The second kappa shape index (κ2) is 6.45. The van der Waals surface area contributed by atoms with Gasteiger partial charge in [0.15, 0.2) is 5.58 Å². The van der Waals surface area contributed by atoms with Crippen LogP contribution in [0.5, 0.6) is 0 Å². The molecule has 2 aromatic heterocycles. The van der Waals surface area contributed by atoms with Crippen molar-refractivity contribution in [1.82, 2.24) is 19.2 Å². The smallest absolute Gasteiger partial charge is 0.408 e. The summed E-state index contributed by atoms with van der Waals surface area (Å²) in [4.78, 5) is 26.5. The number of aliphatic hydroxyl groups excluding tert-OH is 1. The highest BCUT2D eigenvalue weighted by molar-refractivity contribution is 5.79. The minimum Gasteiger partial charge on any atom is -0.408 e. The van der Waals surface area contributed by atoms with Gasteiger partial charge in [-0.2, -0.15) is 5.10 Å². The largest absolute Gasteiger partial charge is 0.420 e.